The van der Waals surface area contributed by atoms with E-state index in [0.29, 0.717) is 44.3 Å². The van der Waals surface area contributed by atoms with Gasteiger partial charge in [-0.15, -0.1) is 0 Å². The molecule has 4 unspecified atom stereocenters. The summed E-state index contributed by atoms with van der Waals surface area (Å²) in [4.78, 5) is 39.5. The second-order valence-electron chi connectivity index (χ2n) is 8.55. The third-order valence-electron chi connectivity index (χ3n) is 6.99. The number of rotatable bonds is 4. The van der Waals surface area contributed by atoms with E-state index in [1.54, 1.807) is 4.90 Å². The molecule has 2 bridgehead atoms. The van der Waals surface area contributed by atoms with Gasteiger partial charge in [0.15, 0.2) is 6.29 Å². The maximum absolute atomic E-state index is 14.7. The van der Waals surface area contributed by atoms with Crippen molar-refractivity contribution in [3.63, 3.8) is 0 Å². The number of fused-ring (bicyclic) bond motifs is 4. The number of carbonyl (C=O) groups excluding carboxylic acids is 3. The van der Waals surface area contributed by atoms with Crippen LogP contribution in [-0.4, -0.2) is 66.7 Å². The number of nitrogens with zero attached hydrogens (tertiary/aromatic N) is 2. The monoisotopic (exact) mass is 400 g/mol. The molecule has 29 heavy (non-hydrogen) atoms. The van der Waals surface area contributed by atoms with Crippen LogP contribution < -0.4 is 15.5 Å². The molecule has 6 rings (SSSR count). The molecule has 0 aliphatic carbocycles. The van der Waals surface area contributed by atoms with Crippen molar-refractivity contribution in [2.24, 2.45) is 0 Å². The minimum absolute atomic E-state index is 0.114. The quantitative estimate of drug-likeness (QED) is 0.569. The fraction of sp³-hybridized carbons (Fsp3) is 0.571. The summed E-state index contributed by atoms with van der Waals surface area (Å²) in [6.45, 7) is 2.63. The summed E-state index contributed by atoms with van der Waals surface area (Å²) in [6, 6.07) is 3.48. The highest BCUT2D eigenvalue weighted by atomic mass is 19.1. The molecule has 5 heterocycles. The zero-order chi connectivity index (χ0) is 20.1. The first kappa shape index (κ1) is 18.7. The van der Waals surface area contributed by atoms with E-state index in [-0.39, 0.29) is 17.5 Å². The van der Waals surface area contributed by atoms with Crippen LogP contribution in [0.2, 0.25) is 0 Å². The van der Waals surface area contributed by atoms with Crippen molar-refractivity contribution in [2.45, 2.75) is 56.4 Å². The topological polar surface area (TPSA) is 81.8 Å². The average molecular weight is 400 g/mol. The second-order valence-corrected chi connectivity index (χ2v) is 8.55. The molecule has 1 amide bonds. The third-order valence-corrected chi connectivity index (χ3v) is 6.99. The molecule has 8 heteroatoms. The van der Waals surface area contributed by atoms with Crippen LogP contribution in [-0.2, 0) is 16.1 Å². The van der Waals surface area contributed by atoms with Gasteiger partial charge >= 0.3 is 0 Å². The first-order chi connectivity index (χ1) is 14.1. The van der Waals surface area contributed by atoms with E-state index < -0.39 is 17.6 Å². The molecule has 4 fully saturated rings. The molecule has 154 valence electrons. The smallest absolute Gasteiger partial charge is 0.257 e. The van der Waals surface area contributed by atoms with Crippen molar-refractivity contribution >= 4 is 23.7 Å². The van der Waals surface area contributed by atoms with Crippen LogP contribution in [0.4, 0.5) is 10.1 Å². The van der Waals surface area contributed by atoms with E-state index in [1.807, 2.05) is 6.07 Å². The SMILES string of the molecule is O=CC(=O)C1CCC(N2Cc3c(N4CC5CCC4CN5)ccc(F)c3C2=O)CN1. The van der Waals surface area contributed by atoms with Gasteiger partial charge in [-0.2, -0.15) is 0 Å². The molecular formula is C21H25FN4O3. The number of benzene rings is 1. The van der Waals surface area contributed by atoms with Crippen molar-refractivity contribution < 1.29 is 18.8 Å². The highest BCUT2D eigenvalue weighted by Gasteiger charge is 2.41. The number of nitrogens with one attached hydrogen (secondary N) is 2. The number of piperazine rings is 1. The van der Waals surface area contributed by atoms with E-state index in [4.69, 9.17) is 0 Å². The molecule has 0 saturated carbocycles. The van der Waals surface area contributed by atoms with Crippen molar-refractivity contribution in [3.8, 4) is 0 Å². The molecule has 7 nitrogen and oxygen atoms in total. The Labute approximate surface area is 168 Å². The first-order valence-electron chi connectivity index (χ1n) is 10.4. The number of anilines is 1. The van der Waals surface area contributed by atoms with E-state index in [9.17, 15) is 18.8 Å². The fourth-order valence-corrected chi connectivity index (χ4v) is 5.39. The molecular weight excluding hydrogens is 375 g/mol. The van der Waals surface area contributed by atoms with Gasteiger partial charge < -0.3 is 20.4 Å². The lowest BCUT2D eigenvalue weighted by Gasteiger charge is -2.47. The van der Waals surface area contributed by atoms with Gasteiger partial charge in [0.25, 0.3) is 5.91 Å². The van der Waals surface area contributed by atoms with Crippen LogP contribution in [0.5, 0.6) is 0 Å². The average Bonchev–Trinajstić information content (AvgIpc) is 3.12. The predicted molar refractivity (Wildman–Crippen MR) is 104 cm³/mol. The minimum atomic E-state index is -0.479. The van der Waals surface area contributed by atoms with E-state index in [1.165, 1.54) is 6.07 Å². The third kappa shape index (κ3) is 3.05. The first-order valence-corrected chi connectivity index (χ1v) is 10.4. The van der Waals surface area contributed by atoms with Gasteiger partial charge in [-0.1, -0.05) is 0 Å². The highest BCUT2D eigenvalue weighted by molar-refractivity contribution is 6.27. The molecule has 2 N–H and O–H groups in total. The molecule has 0 radical (unpaired) electrons. The Morgan fingerprint density at radius 1 is 1.07 bits per heavy atom. The Balaban J connectivity index is 1.39. The Hall–Kier alpha value is -2.32. The van der Waals surface area contributed by atoms with Crippen LogP contribution >= 0.6 is 0 Å². The van der Waals surface area contributed by atoms with Gasteiger partial charge in [0, 0.05) is 55.6 Å². The Morgan fingerprint density at radius 3 is 2.45 bits per heavy atom. The number of carbonyl (C=O) groups is 3. The number of aldehydes is 1. The van der Waals surface area contributed by atoms with Crippen molar-refractivity contribution in [1.29, 1.82) is 0 Å². The molecule has 5 aliphatic heterocycles. The maximum Gasteiger partial charge on any atom is 0.257 e. The Morgan fingerprint density at radius 2 is 1.83 bits per heavy atom. The van der Waals surface area contributed by atoms with Crippen molar-refractivity contribution in [2.75, 3.05) is 24.5 Å². The molecule has 4 saturated heterocycles. The van der Waals surface area contributed by atoms with Gasteiger partial charge in [-0.3, -0.25) is 14.4 Å². The normalized spacial score (nSPS) is 31.1. The second kappa shape index (κ2) is 7.18. The van der Waals surface area contributed by atoms with Gasteiger partial charge in [-0.25, -0.2) is 4.39 Å². The Kier molecular flexibility index (Phi) is 4.63. The van der Waals surface area contributed by atoms with Crippen molar-refractivity contribution in [3.05, 3.63) is 29.1 Å². The molecule has 5 aliphatic rings. The van der Waals surface area contributed by atoms with Gasteiger partial charge in [0.2, 0.25) is 5.78 Å². The van der Waals surface area contributed by atoms with Gasteiger partial charge in [0.1, 0.15) is 5.82 Å². The zero-order valence-electron chi connectivity index (χ0n) is 16.2. The van der Waals surface area contributed by atoms with Crippen LogP contribution in [0.1, 0.15) is 41.6 Å². The summed E-state index contributed by atoms with van der Waals surface area (Å²) in [6.07, 6.45) is 3.73. The number of amides is 1. The zero-order valence-corrected chi connectivity index (χ0v) is 16.2. The molecule has 0 spiro atoms. The van der Waals surface area contributed by atoms with Crippen molar-refractivity contribution in [1.82, 2.24) is 15.5 Å². The Bertz CT molecular complexity index is 860. The number of piperidine rings is 3. The fourth-order valence-electron chi connectivity index (χ4n) is 5.39. The number of hydrogen-bond acceptors (Lipinski definition) is 6. The number of halogens is 1. The molecule has 1 aromatic carbocycles. The minimum Gasteiger partial charge on any atom is -0.365 e. The summed E-state index contributed by atoms with van der Waals surface area (Å²) in [5, 5.41) is 6.60. The lowest BCUT2D eigenvalue weighted by atomic mass is 9.91. The maximum atomic E-state index is 14.7. The van der Waals surface area contributed by atoms with Crippen LogP contribution in [0.15, 0.2) is 12.1 Å². The number of ketones is 1. The van der Waals surface area contributed by atoms with E-state index in [0.717, 1.165) is 37.2 Å². The molecule has 0 aromatic heterocycles. The van der Waals surface area contributed by atoms with Gasteiger partial charge in [-0.05, 0) is 37.8 Å². The lowest BCUT2D eigenvalue weighted by molar-refractivity contribution is -0.131. The summed E-state index contributed by atoms with van der Waals surface area (Å²) >= 11 is 0. The summed E-state index contributed by atoms with van der Waals surface area (Å²) in [5.74, 6) is -1.19. The number of Topliss-reactive ketones (excluding diaryl/α,β-unsaturated/α-hetero) is 1. The van der Waals surface area contributed by atoms with Crippen LogP contribution in [0.25, 0.3) is 0 Å². The van der Waals surface area contributed by atoms with Crippen LogP contribution in [0, 0.1) is 5.82 Å². The molecule has 4 atom stereocenters. The van der Waals surface area contributed by atoms with Crippen LogP contribution in [0.3, 0.4) is 0 Å². The summed E-state index contributed by atoms with van der Waals surface area (Å²) < 4.78 is 14.7. The predicted octanol–water partition coefficient (Wildman–Crippen LogP) is 0.611. The lowest BCUT2D eigenvalue weighted by Crippen LogP contribution is -2.61. The highest BCUT2D eigenvalue weighted by Crippen LogP contribution is 2.38. The number of hydrogen-bond donors (Lipinski definition) is 2. The summed E-state index contributed by atoms with van der Waals surface area (Å²) in [5.41, 5.74) is 1.96. The summed E-state index contributed by atoms with van der Waals surface area (Å²) in [7, 11) is 0. The standard InChI is InChI=1S/C21H25FN4O3/c22-16-4-6-18(25-9-12-1-2-13(25)7-23-12)15-10-26(21(29)20(15)16)14-3-5-17(24-8-14)19(28)11-27/h4,6,11-14,17,23-24H,1-3,5,7-10H2. The van der Waals surface area contributed by atoms with Gasteiger partial charge in [0.05, 0.1) is 11.6 Å². The van der Waals surface area contributed by atoms with E-state index in [2.05, 4.69) is 15.5 Å². The largest absolute Gasteiger partial charge is 0.365 e. The molecule has 1 aromatic rings. The van der Waals surface area contributed by atoms with E-state index >= 15 is 0 Å².